The zero-order valence-corrected chi connectivity index (χ0v) is 15.5. The van der Waals surface area contributed by atoms with Crippen molar-refractivity contribution in [3.63, 3.8) is 0 Å². The van der Waals surface area contributed by atoms with E-state index in [1.807, 2.05) is 18.2 Å². The predicted octanol–water partition coefficient (Wildman–Crippen LogP) is 3.21. The lowest BCUT2D eigenvalue weighted by Gasteiger charge is -2.21. The van der Waals surface area contributed by atoms with Gasteiger partial charge in [-0.05, 0) is 43.1 Å². The lowest BCUT2D eigenvalue weighted by molar-refractivity contribution is 0.173. The fourth-order valence-electron chi connectivity index (χ4n) is 3.69. The van der Waals surface area contributed by atoms with Crippen LogP contribution in [0.2, 0.25) is 0 Å². The Morgan fingerprint density at radius 1 is 1.18 bits per heavy atom. The minimum absolute atomic E-state index is 0.109. The summed E-state index contributed by atoms with van der Waals surface area (Å²) in [6, 6.07) is 9.85. The number of methoxy groups -OCH3 is 1. The Hall–Kier alpha value is -3.13. The summed E-state index contributed by atoms with van der Waals surface area (Å²) in [5, 5.41) is 4.15. The van der Waals surface area contributed by atoms with E-state index in [2.05, 4.69) is 26.1 Å². The van der Waals surface area contributed by atoms with Gasteiger partial charge in [-0.15, -0.1) is 0 Å². The van der Waals surface area contributed by atoms with E-state index in [-0.39, 0.29) is 12.8 Å². The van der Waals surface area contributed by atoms with Crippen molar-refractivity contribution in [2.24, 2.45) is 0 Å². The monoisotopic (exact) mass is 380 g/mol. The van der Waals surface area contributed by atoms with E-state index < -0.39 is 0 Å². The van der Waals surface area contributed by atoms with Gasteiger partial charge in [0.2, 0.25) is 24.4 Å². The Balaban J connectivity index is 1.33. The van der Waals surface area contributed by atoms with Crippen molar-refractivity contribution < 1.29 is 18.7 Å². The highest BCUT2D eigenvalue weighted by Crippen LogP contribution is 2.36. The molecule has 28 heavy (non-hydrogen) atoms. The normalized spacial score (nSPS) is 18.5. The van der Waals surface area contributed by atoms with Crippen molar-refractivity contribution in [3.05, 3.63) is 48.0 Å². The van der Waals surface area contributed by atoms with Gasteiger partial charge >= 0.3 is 0 Å². The molecule has 0 spiro atoms. The summed E-state index contributed by atoms with van der Waals surface area (Å²) < 4.78 is 21.6. The molecule has 2 aliphatic heterocycles. The number of aromatic nitrogens is 3. The first-order valence-electron chi connectivity index (χ1n) is 9.27. The lowest BCUT2D eigenvalue weighted by atomic mass is 10.1. The number of hydrogen-bond acceptors (Lipinski definition) is 8. The molecule has 0 saturated carbocycles. The topological polar surface area (TPSA) is 82.7 Å². The van der Waals surface area contributed by atoms with E-state index in [4.69, 9.17) is 18.7 Å². The van der Waals surface area contributed by atoms with Crippen LogP contribution in [0.1, 0.15) is 30.3 Å². The molecule has 0 unspecified atom stereocenters. The maximum absolute atomic E-state index is 5.60. The molecule has 5 rings (SSSR count). The van der Waals surface area contributed by atoms with Crippen molar-refractivity contribution in [1.82, 2.24) is 20.0 Å². The number of pyridine rings is 1. The minimum atomic E-state index is 0.109. The van der Waals surface area contributed by atoms with Crippen molar-refractivity contribution >= 4 is 0 Å². The molecule has 2 aromatic heterocycles. The molecule has 0 aliphatic carbocycles. The summed E-state index contributed by atoms with van der Waals surface area (Å²) in [6.45, 7) is 2.07. The molecule has 1 aromatic carbocycles. The Labute approximate surface area is 162 Å². The molecule has 1 fully saturated rings. The standard InChI is InChI=1S/C20H20N4O4/c1-25-18-7-5-14(10-21-18)19-22-20(28-23-19)15-3-2-8-24(15)11-13-4-6-16-17(9-13)27-12-26-16/h4-7,9-10,15H,2-3,8,11-12H2,1H3/t15-/m1/s1. The third-order valence-corrected chi connectivity index (χ3v) is 5.12. The second kappa shape index (κ2) is 7.12. The molecule has 1 atom stereocenters. The number of ether oxygens (including phenoxy) is 3. The van der Waals surface area contributed by atoms with Gasteiger partial charge in [0.25, 0.3) is 0 Å². The van der Waals surface area contributed by atoms with Crippen molar-refractivity contribution in [3.8, 4) is 28.8 Å². The van der Waals surface area contributed by atoms with Gasteiger partial charge in [0.1, 0.15) is 0 Å². The number of rotatable bonds is 5. The van der Waals surface area contributed by atoms with Gasteiger partial charge in [0.05, 0.1) is 13.2 Å². The predicted molar refractivity (Wildman–Crippen MR) is 99.0 cm³/mol. The Bertz CT molecular complexity index is 973. The largest absolute Gasteiger partial charge is 0.481 e. The zero-order valence-electron chi connectivity index (χ0n) is 15.5. The smallest absolute Gasteiger partial charge is 0.244 e. The summed E-state index contributed by atoms with van der Waals surface area (Å²) in [5.41, 5.74) is 1.98. The second-order valence-corrected chi connectivity index (χ2v) is 6.86. The minimum Gasteiger partial charge on any atom is -0.481 e. The van der Waals surface area contributed by atoms with Crippen LogP contribution < -0.4 is 14.2 Å². The molecule has 2 aliphatic rings. The third-order valence-electron chi connectivity index (χ3n) is 5.12. The van der Waals surface area contributed by atoms with Gasteiger partial charge < -0.3 is 18.7 Å². The molecule has 0 amide bonds. The van der Waals surface area contributed by atoms with Crippen LogP contribution in [0.25, 0.3) is 11.4 Å². The number of hydrogen-bond donors (Lipinski definition) is 0. The molecule has 4 heterocycles. The molecule has 8 nitrogen and oxygen atoms in total. The van der Waals surface area contributed by atoms with E-state index in [0.29, 0.717) is 17.6 Å². The van der Waals surface area contributed by atoms with Crippen molar-refractivity contribution in [2.75, 3.05) is 20.4 Å². The van der Waals surface area contributed by atoms with E-state index in [1.54, 1.807) is 19.4 Å². The first-order valence-corrected chi connectivity index (χ1v) is 9.27. The Kier molecular flexibility index (Phi) is 4.32. The van der Waals surface area contributed by atoms with Crippen LogP contribution in [0, 0.1) is 0 Å². The Morgan fingerprint density at radius 3 is 2.96 bits per heavy atom. The summed E-state index contributed by atoms with van der Waals surface area (Å²) in [4.78, 5) is 11.2. The summed E-state index contributed by atoms with van der Waals surface area (Å²) in [5.74, 6) is 3.35. The highest BCUT2D eigenvalue weighted by molar-refractivity contribution is 5.53. The second-order valence-electron chi connectivity index (χ2n) is 6.86. The van der Waals surface area contributed by atoms with Crippen LogP contribution in [0.15, 0.2) is 41.1 Å². The molecular formula is C20H20N4O4. The maximum atomic E-state index is 5.60. The third kappa shape index (κ3) is 3.16. The van der Waals surface area contributed by atoms with Crippen LogP contribution in [-0.4, -0.2) is 40.5 Å². The highest BCUT2D eigenvalue weighted by Gasteiger charge is 2.31. The molecular weight excluding hydrogens is 360 g/mol. The van der Waals surface area contributed by atoms with Gasteiger partial charge in [0, 0.05) is 24.4 Å². The van der Waals surface area contributed by atoms with E-state index in [1.165, 1.54) is 5.56 Å². The molecule has 0 bridgehead atoms. The fraction of sp³-hybridized carbons (Fsp3) is 0.350. The van der Waals surface area contributed by atoms with Crippen LogP contribution in [0.4, 0.5) is 0 Å². The van der Waals surface area contributed by atoms with Crippen molar-refractivity contribution in [1.29, 1.82) is 0 Å². The molecule has 0 N–H and O–H groups in total. The number of likely N-dealkylation sites (tertiary alicyclic amines) is 1. The molecule has 144 valence electrons. The first kappa shape index (κ1) is 17.0. The highest BCUT2D eigenvalue weighted by atomic mass is 16.7. The average molecular weight is 380 g/mol. The molecule has 0 radical (unpaired) electrons. The van der Waals surface area contributed by atoms with Crippen molar-refractivity contribution in [2.45, 2.75) is 25.4 Å². The van der Waals surface area contributed by atoms with E-state index in [9.17, 15) is 0 Å². The van der Waals surface area contributed by atoms with Gasteiger partial charge in [-0.1, -0.05) is 11.2 Å². The van der Waals surface area contributed by atoms with Gasteiger partial charge in [-0.3, -0.25) is 4.90 Å². The van der Waals surface area contributed by atoms with Gasteiger partial charge in [-0.25, -0.2) is 4.98 Å². The van der Waals surface area contributed by atoms with Crippen LogP contribution in [0.5, 0.6) is 17.4 Å². The number of nitrogens with zero attached hydrogens (tertiary/aromatic N) is 4. The molecule has 8 heteroatoms. The quantitative estimate of drug-likeness (QED) is 0.667. The van der Waals surface area contributed by atoms with E-state index in [0.717, 1.165) is 43.0 Å². The SMILES string of the molecule is COc1ccc(-c2noc([C@H]3CCCN3Cc3ccc4c(c3)OCO4)n2)cn1. The van der Waals surface area contributed by atoms with Gasteiger partial charge in [-0.2, -0.15) is 4.98 Å². The zero-order chi connectivity index (χ0) is 18.9. The molecule has 1 saturated heterocycles. The summed E-state index contributed by atoms with van der Waals surface area (Å²) in [7, 11) is 1.59. The number of benzene rings is 1. The number of fused-ring (bicyclic) bond motifs is 1. The fourth-order valence-corrected chi connectivity index (χ4v) is 3.69. The first-order chi connectivity index (χ1) is 13.8. The Morgan fingerprint density at radius 2 is 2.11 bits per heavy atom. The summed E-state index contributed by atoms with van der Waals surface area (Å²) >= 11 is 0. The summed E-state index contributed by atoms with van der Waals surface area (Å²) in [6.07, 6.45) is 3.77. The van der Waals surface area contributed by atoms with E-state index >= 15 is 0 Å². The van der Waals surface area contributed by atoms with Crippen LogP contribution in [0.3, 0.4) is 0 Å². The maximum Gasteiger partial charge on any atom is 0.244 e. The average Bonchev–Trinajstić information content (AvgIpc) is 3.48. The van der Waals surface area contributed by atoms with Crippen LogP contribution >= 0.6 is 0 Å². The van der Waals surface area contributed by atoms with Crippen LogP contribution in [-0.2, 0) is 6.54 Å². The lowest BCUT2D eigenvalue weighted by Crippen LogP contribution is -2.23. The molecule has 3 aromatic rings. The van der Waals surface area contributed by atoms with Gasteiger partial charge in [0.15, 0.2) is 11.5 Å².